The second kappa shape index (κ2) is 7.28. The Morgan fingerprint density at radius 2 is 1.84 bits per heavy atom. The third-order valence-electron chi connectivity index (χ3n) is 2.68. The number of benzene rings is 1. The van der Waals surface area contributed by atoms with E-state index in [2.05, 4.69) is 21.2 Å². The second-order valence-corrected chi connectivity index (χ2v) is 5.49. The van der Waals surface area contributed by atoms with Crippen molar-refractivity contribution in [1.82, 2.24) is 5.32 Å². The van der Waals surface area contributed by atoms with Crippen LogP contribution in [0.15, 0.2) is 28.7 Å². The standard InChI is InChI=1S/C14H18BrNO3/c1-9(2)13(17)16-12(14(18)19-3)8-10-4-6-11(15)7-5-10/h4-7,9,12H,8H2,1-3H3,(H,16,17)/t12-/m0/s1. The molecule has 0 spiro atoms. The van der Waals surface area contributed by atoms with Crippen LogP contribution >= 0.6 is 15.9 Å². The average Bonchev–Trinajstić information content (AvgIpc) is 2.39. The largest absolute Gasteiger partial charge is 0.467 e. The van der Waals surface area contributed by atoms with Crippen LogP contribution in [-0.4, -0.2) is 25.0 Å². The number of carbonyl (C=O) groups is 2. The molecule has 1 aromatic rings. The highest BCUT2D eigenvalue weighted by atomic mass is 79.9. The van der Waals surface area contributed by atoms with Gasteiger partial charge in [-0.25, -0.2) is 4.79 Å². The quantitative estimate of drug-likeness (QED) is 0.844. The van der Waals surface area contributed by atoms with Crippen molar-refractivity contribution in [2.75, 3.05) is 7.11 Å². The zero-order valence-corrected chi connectivity index (χ0v) is 12.9. The molecule has 1 amide bonds. The Bertz CT molecular complexity index is 443. The summed E-state index contributed by atoms with van der Waals surface area (Å²) in [5.41, 5.74) is 0.961. The molecule has 0 aliphatic carbocycles. The van der Waals surface area contributed by atoms with Gasteiger partial charge in [0.15, 0.2) is 0 Å². The molecule has 0 saturated carbocycles. The fraction of sp³-hybridized carbons (Fsp3) is 0.429. The molecule has 4 nitrogen and oxygen atoms in total. The van der Waals surface area contributed by atoms with Gasteiger partial charge >= 0.3 is 5.97 Å². The van der Waals surface area contributed by atoms with Crippen LogP contribution in [0.3, 0.4) is 0 Å². The molecule has 5 heteroatoms. The molecule has 19 heavy (non-hydrogen) atoms. The number of amides is 1. The van der Waals surface area contributed by atoms with E-state index in [0.29, 0.717) is 6.42 Å². The molecule has 0 aliphatic heterocycles. The zero-order valence-electron chi connectivity index (χ0n) is 11.3. The first kappa shape index (κ1) is 15.7. The van der Waals surface area contributed by atoms with Crippen LogP contribution in [0, 0.1) is 5.92 Å². The number of rotatable bonds is 5. The molecule has 1 N–H and O–H groups in total. The zero-order chi connectivity index (χ0) is 14.4. The van der Waals surface area contributed by atoms with Crippen molar-refractivity contribution in [3.63, 3.8) is 0 Å². The van der Waals surface area contributed by atoms with Gasteiger partial charge < -0.3 is 10.1 Å². The normalized spacial score (nSPS) is 12.1. The van der Waals surface area contributed by atoms with Crippen LogP contribution in [0.25, 0.3) is 0 Å². The number of nitrogens with one attached hydrogen (secondary N) is 1. The summed E-state index contributed by atoms with van der Waals surface area (Å²) in [4.78, 5) is 23.4. The van der Waals surface area contributed by atoms with Gasteiger partial charge in [0.2, 0.25) is 5.91 Å². The fourth-order valence-electron chi connectivity index (χ4n) is 1.53. The Morgan fingerprint density at radius 1 is 1.26 bits per heavy atom. The van der Waals surface area contributed by atoms with Crippen molar-refractivity contribution < 1.29 is 14.3 Å². The molecule has 1 aromatic carbocycles. The predicted molar refractivity (Wildman–Crippen MR) is 76.6 cm³/mol. The lowest BCUT2D eigenvalue weighted by atomic mass is 10.1. The Kier molecular flexibility index (Phi) is 6.02. The molecule has 1 atom stereocenters. The Labute approximate surface area is 121 Å². The summed E-state index contributed by atoms with van der Waals surface area (Å²) in [6.45, 7) is 3.56. The van der Waals surface area contributed by atoms with E-state index < -0.39 is 12.0 Å². The van der Waals surface area contributed by atoms with E-state index in [1.165, 1.54) is 7.11 Å². The third-order valence-corrected chi connectivity index (χ3v) is 3.21. The Balaban J connectivity index is 2.77. The number of esters is 1. The summed E-state index contributed by atoms with van der Waals surface area (Å²) in [5, 5.41) is 2.71. The maximum Gasteiger partial charge on any atom is 0.328 e. The minimum atomic E-state index is -0.652. The van der Waals surface area contributed by atoms with E-state index in [4.69, 9.17) is 4.74 Å². The lowest BCUT2D eigenvalue weighted by molar-refractivity contribution is -0.145. The monoisotopic (exact) mass is 327 g/mol. The molecule has 0 radical (unpaired) electrons. The smallest absolute Gasteiger partial charge is 0.328 e. The fourth-order valence-corrected chi connectivity index (χ4v) is 1.79. The average molecular weight is 328 g/mol. The van der Waals surface area contributed by atoms with E-state index in [-0.39, 0.29) is 11.8 Å². The van der Waals surface area contributed by atoms with Gasteiger partial charge in [-0.1, -0.05) is 41.9 Å². The number of hydrogen-bond acceptors (Lipinski definition) is 3. The van der Waals surface area contributed by atoms with Crippen LogP contribution in [0.2, 0.25) is 0 Å². The molecule has 0 aliphatic rings. The summed E-state index contributed by atoms with van der Waals surface area (Å²) < 4.78 is 5.70. The van der Waals surface area contributed by atoms with Gasteiger partial charge in [-0.05, 0) is 17.7 Å². The third kappa shape index (κ3) is 5.03. The van der Waals surface area contributed by atoms with Crippen LogP contribution < -0.4 is 5.32 Å². The minimum Gasteiger partial charge on any atom is -0.467 e. The molecule has 104 valence electrons. The number of methoxy groups -OCH3 is 1. The predicted octanol–water partition coefficient (Wildman–Crippen LogP) is 2.31. The molecular formula is C14H18BrNO3. The summed E-state index contributed by atoms with van der Waals surface area (Å²) >= 11 is 3.35. The summed E-state index contributed by atoms with van der Waals surface area (Å²) in [6.07, 6.45) is 0.415. The highest BCUT2D eigenvalue weighted by molar-refractivity contribution is 9.10. The molecule has 0 aromatic heterocycles. The van der Waals surface area contributed by atoms with Crippen molar-refractivity contribution in [3.05, 3.63) is 34.3 Å². The lowest BCUT2D eigenvalue weighted by Gasteiger charge is -2.18. The number of ether oxygens (including phenoxy) is 1. The second-order valence-electron chi connectivity index (χ2n) is 4.57. The summed E-state index contributed by atoms with van der Waals surface area (Å²) in [7, 11) is 1.32. The maximum absolute atomic E-state index is 11.7. The highest BCUT2D eigenvalue weighted by Gasteiger charge is 2.22. The molecule has 1 rings (SSSR count). The summed E-state index contributed by atoms with van der Waals surface area (Å²) in [6, 6.07) is 6.95. The van der Waals surface area contributed by atoms with E-state index >= 15 is 0 Å². The lowest BCUT2D eigenvalue weighted by Crippen LogP contribution is -2.44. The Hall–Kier alpha value is -1.36. The van der Waals surface area contributed by atoms with Crippen LogP contribution in [-0.2, 0) is 20.7 Å². The van der Waals surface area contributed by atoms with Gasteiger partial charge in [-0.3, -0.25) is 4.79 Å². The van der Waals surface area contributed by atoms with E-state index in [1.54, 1.807) is 13.8 Å². The molecule has 0 fully saturated rings. The van der Waals surface area contributed by atoms with Gasteiger partial charge in [-0.15, -0.1) is 0 Å². The van der Waals surface area contributed by atoms with Gasteiger partial charge in [0.05, 0.1) is 7.11 Å². The first-order valence-electron chi connectivity index (χ1n) is 6.06. The van der Waals surface area contributed by atoms with Gasteiger partial charge in [0.1, 0.15) is 6.04 Å². The molecular weight excluding hydrogens is 310 g/mol. The SMILES string of the molecule is COC(=O)[C@H](Cc1ccc(Br)cc1)NC(=O)C(C)C. The van der Waals surface area contributed by atoms with E-state index in [1.807, 2.05) is 24.3 Å². The van der Waals surface area contributed by atoms with Gasteiger partial charge in [-0.2, -0.15) is 0 Å². The number of hydrogen-bond donors (Lipinski definition) is 1. The maximum atomic E-state index is 11.7. The first-order valence-corrected chi connectivity index (χ1v) is 6.86. The molecule has 0 bridgehead atoms. The highest BCUT2D eigenvalue weighted by Crippen LogP contribution is 2.12. The van der Waals surface area contributed by atoms with E-state index in [0.717, 1.165) is 10.0 Å². The number of halogens is 1. The van der Waals surface area contributed by atoms with E-state index in [9.17, 15) is 9.59 Å². The van der Waals surface area contributed by atoms with Crippen molar-refractivity contribution in [3.8, 4) is 0 Å². The Morgan fingerprint density at radius 3 is 2.32 bits per heavy atom. The van der Waals surface area contributed by atoms with Crippen molar-refractivity contribution in [2.24, 2.45) is 5.92 Å². The van der Waals surface area contributed by atoms with Crippen LogP contribution in [0.1, 0.15) is 19.4 Å². The molecule has 0 unspecified atom stereocenters. The molecule has 0 heterocycles. The van der Waals surface area contributed by atoms with Crippen LogP contribution in [0.5, 0.6) is 0 Å². The van der Waals surface area contributed by atoms with Gasteiger partial charge in [0, 0.05) is 16.8 Å². The number of carbonyl (C=O) groups excluding carboxylic acids is 2. The van der Waals surface area contributed by atoms with Crippen molar-refractivity contribution >= 4 is 27.8 Å². The first-order chi connectivity index (χ1) is 8.93. The molecule has 0 saturated heterocycles. The minimum absolute atomic E-state index is 0.160. The van der Waals surface area contributed by atoms with Crippen molar-refractivity contribution in [1.29, 1.82) is 0 Å². The van der Waals surface area contributed by atoms with Crippen LogP contribution in [0.4, 0.5) is 0 Å². The summed E-state index contributed by atoms with van der Waals surface area (Å²) in [5.74, 6) is -0.762. The van der Waals surface area contributed by atoms with Crippen molar-refractivity contribution in [2.45, 2.75) is 26.3 Å². The van der Waals surface area contributed by atoms with Gasteiger partial charge in [0.25, 0.3) is 0 Å². The topological polar surface area (TPSA) is 55.4 Å².